The SMILES string of the molecule is COc1ccc(Nc2ccnc(C(=O)NC3CCS(=O)(=O)C3)c2)cc1. The molecule has 1 aromatic heterocycles. The number of carbonyl (C=O) groups is 1. The van der Waals surface area contributed by atoms with Crippen molar-refractivity contribution in [3.05, 3.63) is 48.3 Å². The van der Waals surface area contributed by atoms with Crippen molar-refractivity contribution in [1.29, 1.82) is 0 Å². The van der Waals surface area contributed by atoms with Gasteiger partial charge in [-0.3, -0.25) is 9.78 Å². The van der Waals surface area contributed by atoms with Crippen LogP contribution in [0.15, 0.2) is 42.6 Å². The normalized spacial score (nSPS) is 18.5. The highest BCUT2D eigenvalue weighted by Crippen LogP contribution is 2.20. The van der Waals surface area contributed by atoms with E-state index < -0.39 is 9.84 Å². The van der Waals surface area contributed by atoms with E-state index in [1.54, 1.807) is 19.2 Å². The summed E-state index contributed by atoms with van der Waals surface area (Å²) in [5.74, 6) is 0.486. The third-order valence-corrected chi connectivity index (χ3v) is 5.71. The minimum absolute atomic E-state index is 0.0114. The Morgan fingerprint density at radius 2 is 1.96 bits per heavy atom. The zero-order valence-corrected chi connectivity index (χ0v) is 14.5. The molecule has 1 amide bonds. The van der Waals surface area contributed by atoms with E-state index in [2.05, 4.69) is 15.6 Å². The van der Waals surface area contributed by atoms with E-state index in [1.807, 2.05) is 24.3 Å². The molecule has 8 heteroatoms. The molecular formula is C17H19N3O4S. The third kappa shape index (κ3) is 4.48. The van der Waals surface area contributed by atoms with Crippen molar-refractivity contribution in [3.8, 4) is 5.75 Å². The van der Waals surface area contributed by atoms with Crippen LogP contribution in [0.3, 0.4) is 0 Å². The van der Waals surface area contributed by atoms with Crippen LogP contribution in [0.25, 0.3) is 0 Å². The van der Waals surface area contributed by atoms with E-state index in [-0.39, 0.29) is 29.1 Å². The fraction of sp³-hybridized carbons (Fsp3) is 0.294. The highest BCUT2D eigenvalue weighted by atomic mass is 32.2. The molecule has 0 aliphatic carbocycles. The molecule has 2 aromatic rings. The molecular weight excluding hydrogens is 342 g/mol. The number of nitrogens with zero attached hydrogens (tertiary/aromatic N) is 1. The topological polar surface area (TPSA) is 97.4 Å². The number of carbonyl (C=O) groups excluding carboxylic acids is 1. The van der Waals surface area contributed by atoms with Crippen LogP contribution in [-0.4, -0.2) is 44.0 Å². The molecule has 2 N–H and O–H groups in total. The van der Waals surface area contributed by atoms with Crippen LogP contribution in [0.1, 0.15) is 16.9 Å². The number of nitrogens with one attached hydrogen (secondary N) is 2. The number of pyridine rings is 1. The van der Waals surface area contributed by atoms with Crippen LogP contribution < -0.4 is 15.4 Å². The van der Waals surface area contributed by atoms with Gasteiger partial charge in [0.25, 0.3) is 5.91 Å². The van der Waals surface area contributed by atoms with Gasteiger partial charge in [-0.05, 0) is 42.8 Å². The summed E-state index contributed by atoms with van der Waals surface area (Å²) in [4.78, 5) is 16.4. The molecule has 0 saturated carbocycles. The van der Waals surface area contributed by atoms with E-state index in [0.29, 0.717) is 12.1 Å². The van der Waals surface area contributed by atoms with Crippen LogP contribution in [0.4, 0.5) is 11.4 Å². The lowest BCUT2D eigenvalue weighted by Crippen LogP contribution is -2.36. The van der Waals surface area contributed by atoms with E-state index in [1.165, 1.54) is 6.20 Å². The zero-order chi connectivity index (χ0) is 17.9. The summed E-state index contributed by atoms with van der Waals surface area (Å²) in [5.41, 5.74) is 1.80. The van der Waals surface area contributed by atoms with Crippen molar-refractivity contribution in [2.45, 2.75) is 12.5 Å². The standard InChI is InChI=1S/C17H19N3O4S/c1-24-15-4-2-12(3-5-15)19-13-6-8-18-16(10-13)17(21)20-14-7-9-25(22,23)11-14/h2-6,8,10,14H,7,9,11H2,1H3,(H,18,19)(H,20,21). The van der Waals surface area contributed by atoms with Gasteiger partial charge >= 0.3 is 0 Å². The molecule has 0 radical (unpaired) electrons. The molecule has 1 atom stereocenters. The smallest absolute Gasteiger partial charge is 0.270 e. The molecule has 25 heavy (non-hydrogen) atoms. The molecule has 1 fully saturated rings. The van der Waals surface area contributed by atoms with Crippen LogP contribution >= 0.6 is 0 Å². The fourth-order valence-electron chi connectivity index (χ4n) is 2.64. The van der Waals surface area contributed by atoms with Gasteiger partial charge in [0.2, 0.25) is 0 Å². The molecule has 1 unspecified atom stereocenters. The maximum Gasteiger partial charge on any atom is 0.270 e. The summed E-state index contributed by atoms with van der Waals surface area (Å²) in [7, 11) is -1.43. The summed E-state index contributed by atoms with van der Waals surface area (Å²) < 4.78 is 28.1. The van der Waals surface area contributed by atoms with Crippen molar-refractivity contribution < 1.29 is 17.9 Å². The van der Waals surface area contributed by atoms with Crippen LogP contribution in [-0.2, 0) is 9.84 Å². The van der Waals surface area contributed by atoms with Gasteiger partial charge in [-0.2, -0.15) is 0 Å². The Hall–Kier alpha value is -2.61. The van der Waals surface area contributed by atoms with E-state index >= 15 is 0 Å². The summed E-state index contributed by atoms with van der Waals surface area (Å²) >= 11 is 0. The first-order chi connectivity index (χ1) is 11.9. The zero-order valence-electron chi connectivity index (χ0n) is 13.7. The average molecular weight is 361 g/mol. The second-order valence-electron chi connectivity index (χ2n) is 5.86. The summed E-state index contributed by atoms with van der Waals surface area (Å²) in [6.45, 7) is 0. The van der Waals surface area contributed by atoms with Crippen LogP contribution in [0, 0.1) is 0 Å². The minimum atomic E-state index is -3.04. The molecule has 7 nitrogen and oxygen atoms in total. The Morgan fingerprint density at radius 3 is 2.60 bits per heavy atom. The number of amides is 1. The van der Waals surface area contributed by atoms with Gasteiger partial charge in [0.15, 0.2) is 9.84 Å². The molecule has 0 spiro atoms. The number of anilines is 2. The lowest BCUT2D eigenvalue weighted by molar-refractivity contribution is 0.0936. The molecule has 1 aromatic carbocycles. The number of benzene rings is 1. The number of ether oxygens (including phenoxy) is 1. The highest BCUT2D eigenvalue weighted by molar-refractivity contribution is 7.91. The first kappa shape index (κ1) is 17.2. The van der Waals surface area contributed by atoms with Gasteiger partial charge in [-0.15, -0.1) is 0 Å². The summed E-state index contributed by atoms with van der Waals surface area (Å²) in [6.07, 6.45) is 1.98. The molecule has 1 aliphatic heterocycles. The monoisotopic (exact) mass is 361 g/mol. The van der Waals surface area contributed by atoms with Crippen molar-refractivity contribution in [3.63, 3.8) is 0 Å². The third-order valence-electron chi connectivity index (χ3n) is 3.94. The largest absolute Gasteiger partial charge is 0.497 e. The van der Waals surface area contributed by atoms with Gasteiger partial charge in [0.05, 0.1) is 18.6 Å². The van der Waals surface area contributed by atoms with E-state index in [4.69, 9.17) is 4.74 Å². The Kier molecular flexibility index (Phi) is 4.89. The highest BCUT2D eigenvalue weighted by Gasteiger charge is 2.29. The average Bonchev–Trinajstić information content (AvgIpc) is 2.94. The minimum Gasteiger partial charge on any atom is -0.497 e. The Balaban J connectivity index is 1.67. The number of hydrogen-bond acceptors (Lipinski definition) is 6. The maximum atomic E-state index is 12.3. The molecule has 132 valence electrons. The second-order valence-corrected chi connectivity index (χ2v) is 8.09. The number of hydrogen-bond donors (Lipinski definition) is 2. The van der Waals surface area contributed by atoms with Gasteiger partial charge in [0, 0.05) is 23.6 Å². The van der Waals surface area contributed by atoms with Gasteiger partial charge in [-0.25, -0.2) is 8.42 Å². The predicted octanol–water partition coefficient (Wildman–Crippen LogP) is 1.75. The van der Waals surface area contributed by atoms with E-state index in [0.717, 1.165) is 11.4 Å². The quantitative estimate of drug-likeness (QED) is 0.842. The predicted molar refractivity (Wildman–Crippen MR) is 95.0 cm³/mol. The van der Waals surface area contributed by atoms with Crippen LogP contribution in [0.2, 0.25) is 0 Å². The molecule has 1 saturated heterocycles. The number of sulfone groups is 1. The molecule has 1 aliphatic rings. The number of rotatable bonds is 5. The van der Waals surface area contributed by atoms with Gasteiger partial charge in [-0.1, -0.05) is 0 Å². The van der Waals surface area contributed by atoms with Crippen molar-refractivity contribution in [2.24, 2.45) is 0 Å². The maximum absolute atomic E-state index is 12.3. The lowest BCUT2D eigenvalue weighted by Gasteiger charge is -2.12. The summed E-state index contributed by atoms with van der Waals surface area (Å²) in [6, 6.07) is 10.4. The first-order valence-corrected chi connectivity index (χ1v) is 9.66. The lowest BCUT2D eigenvalue weighted by atomic mass is 10.2. The van der Waals surface area contributed by atoms with E-state index in [9.17, 15) is 13.2 Å². The number of methoxy groups -OCH3 is 1. The van der Waals surface area contributed by atoms with Crippen molar-refractivity contribution >= 4 is 27.1 Å². The molecule has 3 rings (SSSR count). The molecule has 0 bridgehead atoms. The summed E-state index contributed by atoms with van der Waals surface area (Å²) in [5, 5.41) is 5.92. The Morgan fingerprint density at radius 1 is 1.20 bits per heavy atom. The first-order valence-electron chi connectivity index (χ1n) is 7.83. The van der Waals surface area contributed by atoms with Crippen LogP contribution in [0.5, 0.6) is 5.75 Å². The Labute approximate surface area is 146 Å². The van der Waals surface area contributed by atoms with Crippen molar-refractivity contribution in [1.82, 2.24) is 10.3 Å². The second kappa shape index (κ2) is 7.10. The van der Waals surface area contributed by atoms with Gasteiger partial charge < -0.3 is 15.4 Å². The molecule has 2 heterocycles. The fourth-order valence-corrected chi connectivity index (χ4v) is 4.32. The van der Waals surface area contributed by atoms with Gasteiger partial charge in [0.1, 0.15) is 11.4 Å². The Bertz CT molecular complexity index is 866. The number of aromatic nitrogens is 1. The van der Waals surface area contributed by atoms with Crippen molar-refractivity contribution in [2.75, 3.05) is 23.9 Å².